The van der Waals surface area contributed by atoms with Gasteiger partial charge in [-0.25, -0.2) is 0 Å². The van der Waals surface area contributed by atoms with Gasteiger partial charge in [0.2, 0.25) is 5.91 Å². The third kappa shape index (κ3) is 5.50. The number of nitrogens with zero attached hydrogens (tertiary/aromatic N) is 2. The summed E-state index contributed by atoms with van der Waals surface area (Å²) in [5, 5.41) is 0. The molecule has 0 spiro atoms. The Morgan fingerprint density at radius 1 is 1.14 bits per heavy atom. The maximum Gasteiger partial charge on any atom is 0.226 e. The van der Waals surface area contributed by atoms with Crippen molar-refractivity contribution >= 4 is 11.6 Å². The molecule has 3 aliphatic rings. The molecular weight excluding hydrogens is 436 g/mol. The average Bonchev–Trinajstić information content (AvgIpc) is 3.68. The van der Waals surface area contributed by atoms with Crippen molar-refractivity contribution < 1.29 is 14.3 Å². The molecule has 1 atom stereocenters. The molecule has 2 fully saturated rings. The number of piperazine rings is 1. The van der Waals surface area contributed by atoms with E-state index in [0.717, 1.165) is 38.4 Å². The lowest BCUT2D eigenvalue weighted by Crippen LogP contribution is -2.57. The number of carbonyl (C=O) groups is 1. The number of para-hydroxylation sites is 1. The Morgan fingerprint density at radius 2 is 1.91 bits per heavy atom. The van der Waals surface area contributed by atoms with Crippen LogP contribution in [0.1, 0.15) is 69.6 Å². The minimum atomic E-state index is -0.111. The zero-order chi connectivity index (χ0) is 24.6. The molecule has 1 aliphatic carbocycles. The Labute approximate surface area is 210 Å². The highest BCUT2D eigenvalue weighted by Crippen LogP contribution is 2.46. The van der Waals surface area contributed by atoms with Crippen molar-refractivity contribution in [2.75, 3.05) is 31.1 Å². The second-order valence-corrected chi connectivity index (χ2v) is 11.4. The normalized spacial score (nSPS) is 21.7. The predicted octanol–water partition coefficient (Wildman–Crippen LogP) is 5.56. The van der Waals surface area contributed by atoms with Gasteiger partial charge in [0.05, 0.1) is 31.3 Å². The van der Waals surface area contributed by atoms with Crippen LogP contribution in [0, 0.1) is 5.92 Å². The molecule has 5 rings (SSSR count). The van der Waals surface area contributed by atoms with E-state index >= 15 is 0 Å². The number of anilines is 1. The fraction of sp³-hybridized carbons (Fsp3) is 0.567. The molecule has 188 valence electrons. The van der Waals surface area contributed by atoms with E-state index in [2.05, 4.69) is 49.6 Å². The van der Waals surface area contributed by atoms with Gasteiger partial charge in [-0.15, -0.1) is 0 Å². The second kappa shape index (κ2) is 9.85. The molecule has 0 radical (unpaired) electrons. The molecule has 1 saturated heterocycles. The van der Waals surface area contributed by atoms with Gasteiger partial charge in [0, 0.05) is 31.7 Å². The number of rotatable bonds is 7. The van der Waals surface area contributed by atoms with Crippen LogP contribution in [0.15, 0.2) is 42.5 Å². The van der Waals surface area contributed by atoms with E-state index in [0.29, 0.717) is 24.9 Å². The van der Waals surface area contributed by atoms with Crippen LogP contribution in [0.4, 0.5) is 5.69 Å². The molecule has 0 N–H and O–H groups in total. The number of fused-ring (bicyclic) bond motifs is 1. The minimum Gasteiger partial charge on any atom is -0.493 e. The van der Waals surface area contributed by atoms with E-state index in [1.165, 1.54) is 35.2 Å². The summed E-state index contributed by atoms with van der Waals surface area (Å²) in [6, 6.07) is 14.8. The molecule has 0 unspecified atom stereocenters. The standard InChI is InChI=1S/C30H40N2O3/c1-21(2)28-19-31(13-14-32(28)29(33)12-15-34-25-8-6-5-7-9-25)24-16-23-18-30(3,4)35-20-27(23)26(17-24)22-10-11-22/h5-9,16-17,21-22,28H,10-15,18-20H2,1-4H3/t28-/m0/s1. The maximum atomic E-state index is 13.2. The lowest BCUT2D eigenvalue weighted by molar-refractivity contribution is -0.135. The van der Waals surface area contributed by atoms with E-state index in [4.69, 9.17) is 9.47 Å². The van der Waals surface area contributed by atoms with Crippen LogP contribution in [0.2, 0.25) is 0 Å². The molecule has 0 bridgehead atoms. The third-order valence-electron chi connectivity index (χ3n) is 7.80. The van der Waals surface area contributed by atoms with Gasteiger partial charge in [-0.3, -0.25) is 4.79 Å². The first-order chi connectivity index (χ1) is 16.8. The third-order valence-corrected chi connectivity index (χ3v) is 7.80. The number of hydrogen-bond donors (Lipinski definition) is 0. The predicted molar refractivity (Wildman–Crippen MR) is 140 cm³/mol. The number of ether oxygens (including phenoxy) is 2. The van der Waals surface area contributed by atoms with Crippen molar-refractivity contribution in [1.29, 1.82) is 0 Å². The van der Waals surface area contributed by atoms with Crippen LogP contribution < -0.4 is 9.64 Å². The summed E-state index contributed by atoms with van der Waals surface area (Å²) in [7, 11) is 0. The fourth-order valence-electron chi connectivity index (χ4n) is 5.63. The molecule has 35 heavy (non-hydrogen) atoms. The van der Waals surface area contributed by atoms with Crippen molar-refractivity contribution in [3.8, 4) is 5.75 Å². The van der Waals surface area contributed by atoms with Gasteiger partial charge in [-0.05, 0) is 79.5 Å². The van der Waals surface area contributed by atoms with Gasteiger partial charge in [-0.2, -0.15) is 0 Å². The molecule has 2 aliphatic heterocycles. The van der Waals surface area contributed by atoms with Gasteiger partial charge in [0.25, 0.3) is 0 Å². The lowest BCUT2D eigenvalue weighted by atomic mass is 9.87. The number of benzene rings is 2. The van der Waals surface area contributed by atoms with Crippen LogP contribution >= 0.6 is 0 Å². The molecule has 0 aromatic heterocycles. The second-order valence-electron chi connectivity index (χ2n) is 11.4. The van der Waals surface area contributed by atoms with E-state index in [1.807, 2.05) is 30.3 Å². The van der Waals surface area contributed by atoms with Gasteiger partial charge in [0.1, 0.15) is 5.75 Å². The quantitative estimate of drug-likeness (QED) is 0.525. The summed E-state index contributed by atoms with van der Waals surface area (Å²) in [5.74, 6) is 2.10. The summed E-state index contributed by atoms with van der Waals surface area (Å²) in [4.78, 5) is 17.8. The molecule has 1 saturated carbocycles. The molecule has 2 aromatic carbocycles. The van der Waals surface area contributed by atoms with Gasteiger partial charge >= 0.3 is 0 Å². The number of carbonyl (C=O) groups excluding carboxylic acids is 1. The van der Waals surface area contributed by atoms with Crippen molar-refractivity contribution in [2.24, 2.45) is 5.92 Å². The summed E-state index contributed by atoms with van der Waals surface area (Å²) in [6.45, 7) is 12.5. The average molecular weight is 477 g/mol. The Kier molecular flexibility index (Phi) is 6.80. The Morgan fingerprint density at radius 3 is 2.63 bits per heavy atom. The largest absolute Gasteiger partial charge is 0.493 e. The van der Waals surface area contributed by atoms with E-state index in [-0.39, 0.29) is 17.6 Å². The van der Waals surface area contributed by atoms with E-state index in [1.54, 1.807) is 0 Å². The van der Waals surface area contributed by atoms with Crippen LogP contribution in [0.3, 0.4) is 0 Å². The van der Waals surface area contributed by atoms with Crippen LogP contribution in [-0.4, -0.2) is 48.7 Å². The first-order valence-corrected chi connectivity index (χ1v) is 13.3. The molecular formula is C30H40N2O3. The highest BCUT2D eigenvalue weighted by molar-refractivity contribution is 5.77. The Balaban J connectivity index is 1.29. The lowest BCUT2D eigenvalue weighted by Gasteiger charge is -2.45. The van der Waals surface area contributed by atoms with Crippen LogP contribution in [0.5, 0.6) is 5.75 Å². The molecule has 5 nitrogen and oxygen atoms in total. The van der Waals surface area contributed by atoms with Gasteiger partial charge < -0.3 is 19.3 Å². The smallest absolute Gasteiger partial charge is 0.226 e. The summed E-state index contributed by atoms with van der Waals surface area (Å²) in [6.07, 6.45) is 3.96. The topological polar surface area (TPSA) is 42.0 Å². The minimum absolute atomic E-state index is 0.111. The number of hydrogen-bond acceptors (Lipinski definition) is 4. The molecule has 2 aromatic rings. The maximum absolute atomic E-state index is 13.2. The van der Waals surface area contributed by atoms with Crippen molar-refractivity contribution in [3.63, 3.8) is 0 Å². The van der Waals surface area contributed by atoms with E-state index in [9.17, 15) is 4.79 Å². The first-order valence-electron chi connectivity index (χ1n) is 13.3. The van der Waals surface area contributed by atoms with Gasteiger partial charge in [0.15, 0.2) is 0 Å². The molecule has 1 amide bonds. The molecule has 5 heteroatoms. The summed E-state index contributed by atoms with van der Waals surface area (Å²) in [5.41, 5.74) is 5.61. The van der Waals surface area contributed by atoms with E-state index < -0.39 is 0 Å². The number of amides is 1. The Bertz CT molecular complexity index is 1050. The summed E-state index contributed by atoms with van der Waals surface area (Å²) >= 11 is 0. The monoisotopic (exact) mass is 476 g/mol. The highest BCUT2D eigenvalue weighted by atomic mass is 16.5. The van der Waals surface area contributed by atoms with Crippen molar-refractivity contribution in [1.82, 2.24) is 4.90 Å². The van der Waals surface area contributed by atoms with Gasteiger partial charge in [-0.1, -0.05) is 32.0 Å². The SMILES string of the molecule is CC(C)[C@@H]1CN(c2cc3c(c(C4CC4)c2)COC(C)(C)C3)CCN1C(=O)CCOc1ccccc1. The zero-order valence-corrected chi connectivity index (χ0v) is 21.8. The van der Waals surface area contributed by atoms with Crippen molar-refractivity contribution in [2.45, 2.75) is 77.5 Å². The highest BCUT2D eigenvalue weighted by Gasteiger charge is 2.36. The van der Waals surface area contributed by atoms with Crippen molar-refractivity contribution in [3.05, 3.63) is 59.2 Å². The van der Waals surface area contributed by atoms with Crippen LogP contribution in [0.25, 0.3) is 0 Å². The first kappa shape index (κ1) is 24.2. The van der Waals surface area contributed by atoms with Crippen LogP contribution in [-0.2, 0) is 22.6 Å². The molecule has 2 heterocycles. The zero-order valence-electron chi connectivity index (χ0n) is 21.8. The Hall–Kier alpha value is -2.53. The summed E-state index contributed by atoms with van der Waals surface area (Å²) < 4.78 is 12.0. The fourth-order valence-corrected chi connectivity index (χ4v) is 5.63.